The zero-order chi connectivity index (χ0) is 26.9. The highest BCUT2D eigenvalue weighted by molar-refractivity contribution is 5.99. The molecule has 1 fully saturated rings. The van der Waals surface area contributed by atoms with E-state index in [4.69, 9.17) is 9.47 Å². The van der Waals surface area contributed by atoms with Gasteiger partial charge in [0, 0.05) is 51.3 Å². The first-order valence-electron chi connectivity index (χ1n) is 13.7. The van der Waals surface area contributed by atoms with Gasteiger partial charge in [0.15, 0.2) is 0 Å². The smallest absolute Gasteiger partial charge is 0.319 e. The lowest BCUT2D eigenvalue weighted by atomic mass is 9.87. The summed E-state index contributed by atoms with van der Waals surface area (Å²) >= 11 is 0. The molecule has 0 radical (unpaired) electrons. The summed E-state index contributed by atoms with van der Waals surface area (Å²) in [5.41, 5.74) is 0.861. The molecule has 1 aromatic carbocycles. The van der Waals surface area contributed by atoms with Crippen molar-refractivity contribution in [2.75, 3.05) is 45.7 Å². The number of nitrogens with one attached hydrogen (secondary N) is 2. The standard InChI is InChI=1S/C28H44N4O5/c1-6-14-29-28(35)30-22-12-13-24-23(15-22)27(34)31(4)17-25(36-5)19(2)16-32(20(3)18-37-24)26(33)21-10-8-7-9-11-21/h12-13,15,19-21,25H,6-11,14,16-18H2,1-5H3,(H2,29,30,35)/t19-,20+,25+/m0/s1. The molecule has 1 aliphatic carbocycles. The maximum atomic E-state index is 13.6. The Morgan fingerprint density at radius 3 is 2.54 bits per heavy atom. The molecule has 9 nitrogen and oxygen atoms in total. The normalized spacial score (nSPS) is 23.8. The number of hydrogen-bond acceptors (Lipinski definition) is 5. The molecule has 1 saturated carbocycles. The Kier molecular flexibility index (Phi) is 10.6. The van der Waals surface area contributed by atoms with Gasteiger partial charge in [-0.05, 0) is 44.4 Å². The molecule has 37 heavy (non-hydrogen) atoms. The van der Waals surface area contributed by atoms with E-state index in [1.54, 1.807) is 37.3 Å². The van der Waals surface area contributed by atoms with E-state index < -0.39 is 0 Å². The molecule has 2 aliphatic rings. The van der Waals surface area contributed by atoms with Gasteiger partial charge < -0.3 is 29.9 Å². The number of amides is 4. The van der Waals surface area contributed by atoms with Crippen molar-refractivity contribution >= 4 is 23.5 Å². The minimum Gasteiger partial charge on any atom is -0.491 e. The maximum Gasteiger partial charge on any atom is 0.319 e. The summed E-state index contributed by atoms with van der Waals surface area (Å²) in [6.07, 6.45) is 5.84. The lowest BCUT2D eigenvalue weighted by Gasteiger charge is -2.38. The topological polar surface area (TPSA) is 100 Å². The van der Waals surface area contributed by atoms with E-state index in [2.05, 4.69) is 17.6 Å². The van der Waals surface area contributed by atoms with Crippen LogP contribution in [0.25, 0.3) is 0 Å². The van der Waals surface area contributed by atoms with Crippen LogP contribution in [0.5, 0.6) is 5.75 Å². The van der Waals surface area contributed by atoms with Gasteiger partial charge in [-0.1, -0.05) is 33.1 Å². The minimum absolute atomic E-state index is 0.0180. The molecule has 1 aromatic rings. The number of ether oxygens (including phenoxy) is 2. The lowest BCUT2D eigenvalue weighted by Crippen LogP contribution is -2.50. The van der Waals surface area contributed by atoms with Crippen molar-refractivity contribution in [3.05, 3.63) is 23.8 Å². The molecule has 1 heterocycles. The molecule has 0 spiro atoms. The van der Waals surface area contributed by atoms with Gasteiger partial charge in [0.1, 0.15) is 12.4 Å². The number of rotatable bonds is 5. The van der Waals surface area contributed by atoms with Crippen molar-refractivity contribution in [1.82, 2.24) is 15.1 Å². The quantitative estimate of drug-likeness (QED) is 0.613. The second-order valence-corrected chi connectivity index (χ2v) is 10.5. The van der Waals surface area contributed by atoms with Gasteiger partial charge in [-0.15, -0.1) is 0 Å². The number of hydrogen-bond donors (Lipinski definition) is 2. The van der Waals surface area contributed by atoms with Crippen LogP contribution in [0.4, 0.5) is 10.5 Å². The molecule has 3 rings (SSSR count). The molecule has 0 aromatic heterocycles. The summed E-state index contributed by atoms with van der Waals surface area (Å²) in [4.78, 5) is 42.9. The number of carbonyl (C=O) groups is 3. The highest BCUT2D eigenvalue weighted by atomic mass is 16.5. The van der Waals surface area contributed by atoms with Crippen LogP contribution in [0.2, 0.25) is 0 Å². The van der Waals surface area contributed by atoms with Gasteiger partial charge in [0.05, 0.1) is 17.7 Å². The van der Waals surface area contributed by atoms with Crippen LogP contribution in [0.15, 0.2) is 18.2 Å². The largest absolute Gasteiger partial charge is 0.491 e. The van der Waals surface area contributed by atoms with Gasteiger partial charge in [0.2, 0.25) is 5.91 Å². The summed E-state index contributed by atoms with van der Waals surface area (Å²) in [5, 5.41) is 5.56. The monoisotopic (exact) mass is 516 g/mol. The Balaban J connectivity index is 1.90. The number of likely N-dealkylation sites (N-methyl/N-ethyl adjacent to an activating group) is 1. The molecule has 0 unspecified atom stereocenters. The number of carbonyl (C=O) groups excluding carboxylic acids is 3. The fourth-order valence-corrected chi connectivity index (χ4v) is 5.16. The van der Waals surface area contributed by atoms with E-state index in [0.29, 0.717) is 36.6 Å². The van der Waals surface area contributed by atoms with E-state index in [-0.39, 0.29) is 48.4 Å². The van der Waals surface area contributed by atoms with Crippen LogP contribution in [0.1, 0.15) is 69.7 Å². The van der Waals surface area contributed by atoms with E-state index in [1.807, 2.05) is 18.7 Å². The molecule has 3 atom stereocenters. The highest BCUT2D eigenvalue weighted by Gasteiger charge is 2.33. The third kappa shape index (κ3) is 7.60. The van der Waals surface area contributed by atoms with Crippen LogP contribution in [-0.2, 0) is 9.53 Å². The van der Waals surface area contributed by atoms with Crippen molar-refractivity contribution < 1.29 is 23.9 Å². The fourth-order valence-electron chi connectivity index (χ4n) is 5.16. The Hall–Kier alpha value is -2.81. The average molecular weight is 517 g/mol. The first kappa shape index (κ1) is 28.8. The molecular formula is C28H44N4O5. The van der Waals surface area contributed by atoms with E-state index in [9.17, 15) is 14.4 Å². The molecule has 1 aliphatic heterocycles. The van der Waals surface area contributed by atoms with Crippen molar-refractivity contribution in [3.63, 3.8) is 0 Å². The van der Waals surface area contributed by atoms with Crippen molar-refractivity contribution in [1.29, 1.82) is 0 Å². The molecule has 0 saturated heterocycles. The van der Waals surface area contributed by atoms with Crippen molar-refractivity contribution in [3.8, 4) is 5.75 Å². The zero-order valence-corrected chi connectivity index (χ0v) is 23.0. The van der Waals surface area contributed by atoms with Crippen LogP contribution in [-0.4, -0.2) is 80.2 Å². The zero-order valence-electron chi connectivity index (χ0n) is 23.0. The van der Waals surface area contributed by atoms with Gasteiger partial charge in [0.25, 0.3) is 5.91 Å². The van der Waals surface area contributed by atoms with E-state index >= 15 is 0 Å². The Morgan fingerprint density at radius 1 is 1.14 bits per heavy atom. The van der Waals surface area contributed by atoms with Crippen molar-refractivity contribution in [2.45, 2.75) is 71.4 Å². The van der Waals surface area contributed by atoms with Crippen LogP contribution in [0, 0.1) is 11.8 Å². The van der Waals surface area contributed by atoms with Crippen molar-refractivity contribution in [2.24, 2.45) is 11.8 Å². The minimum atomic E-state index is -0.324. The van der Waals surface area contributed by atoms with Crippen LogP contribution in [0.3, 0.4) is 0 Å². The van der Waals surface area contributed by atoms with Crippen LogP contribution < -0.4 is 15.4 Å². The summed E-state index contributed by atoms with van der Waals surface area (Å²) in [6.45, 7) is 7.78. The van der Waals surface area contributed by atoms with Gasteiger partial charge in [-0.2, -0.15) is 0 Å². The number of fused-ring (bicyclic) bond motifs is 1. The van der Waals surface area contributed by atoms with Gasteiger partial charge in [-0.3, -0.25) is 9.59 Å². The Labute approximate surface area is 221 Å². The number of methoxy groups -OCH3 is 1. The predicted molar refractivity (Wildman–Crippen MR) is 144 cm³/mol. The number of nitrogens with zero attached hydrogens (tertiary/aromatic N) is 2. The molecular weight excluding hydrogens is 472 g/mol. The molecule has 206 valence electrons. The summed E-state index contributed by atoms with van der Waals surface area (Å²) in [5.74, 6) is 0.476. The average Bonchev–Trinajstić information content (AvgIpc) is 2.91. The van der Waals surface area contributed by atoms with E-state index in [1.165, 1.54) is 6.42 Å². The fraction of sp³-hybridized carbons (Fsp3) is 0.679. The first-order valence-corrected chi connectivity index (χ1v) is 13.7. The third-order valence-corrected chi connectivity index (χ3v) is 7.48. The summed E-state index contributed by atoms with van der Waals surface area (Å²) < 4.78 is 12.0. The Bertz CT molecular complexity index is 933. The first-order chi connectivity index (χ1) is 17.7. The summed E-state index contributed by atoms with van der Waals surface area (Å²) in [6, 6.07) is 4.58. The number of anilines is 1. The number of benzene rings is 1. The SMILES string of the molecule is CCCNC(=O)Nc1ccc2c(c1)C(=O)N(C)C[C@@H](OC)[C@@H](C)CN(C(=O)C1CCCCC1)[C@H](C)CO2. The predicted octanol–water partition coefficient (Wildman–Crippen LogP) is 4.13. The molecule has 0 bridgehead atoms. The summed E-state index contributed by atoms with van der Waals surface area (Å²) in [7, 11) is 3.38. The van der Waals surface area contributed by atoms with Gasteiger partial charge in [-0.25, -0.2) is 4.79 Å². The molecule has 2 N–H and O–H groups in total. The lowest BCUT2D eigenvalue weighted by molar-refractivity contribution is -0.141. The number of urea groups is 1. The van der Waals surface area contributed by atoms with Crippen LogP contribution >= 0.6 is 0 Å². The highest BCUT2D eigenvalue weighted by Crippen LogP contribution is 2.29. The van der Waals surface area contributed by atoms with Gasteiger partial charge >= 0.3 is 6.03 Å². The van der Waals surface area contributed by atoms with E-state index in [0.717, 1.165) is 32.1 Å². The molecule has 4 amide bonds. The Morgan fingerprint density at radius 2 is 1.86 bits per heavy atom. The second-order valence-electron chi connectivity index (χ2n) is 10.5. The second kappa shape index (κ2) is 13.7. The maximum absolute atomic E-state index is 13.6. The third-order valence-electron chi connectivity index (χ3n) is 7.48. The molecule has 9 heteroatoms.